The maximum Gasteiger partial charge on any atom is 0.317 e. The number of halogens is 3. The number of amides is 3. The van der Waals surface area contributed by atoms with Gasteiger partial charge in [0.15, 0.2) is 11.6 Å². The molecule has 0 aliphatic carbocycles. The van der Waals surface area contributed by atoms with E-state index < -0.39 is 23.5 Å². The molecule has 3 atom stereocenters. The van der Waals surface area contributed by atoms with Gasteiger partial charge in [0.2, 0.25) is 5.91 Å². The van der Waals surface area contributed by atoms with E-state index in [1.165, 1.54) is 0 Å². The quantitative estimate of drug-likeness (QED) is 0.664. The number of hydrogen-bond acceptors (Lipinski definition) is 4. The Morgan fingerprint density at radius 3 is 2.34 bits per heavy atom. The number of piperidine rings is 1. The molecule has 3 aliphatic heterocycles. The van der Waals surface area contributed by atoms with E-state index in [2.05, 4.69) is 5.32 Å². The average Bonchev–Trinajstić information content (AvgIpc) is 3.05. The number of carbonyl (C=O) groups excluding carboxylic acids is 2. The summed E-state index contributed by atoms with van der Waals surface area (Å²) in [5.74, 6) is -3.17. The molecule has 2 bridgehead atoms. The molecular weight excluding hydrogens is 425 g/mol. The van der Waals surface area contributed by atoms with Crippen molar-refractivity contribution >= 4 is 11.9 Å². The lowest BCUT2D eigenvalue weighted by Gasteiger charge is -2.41. The van der Waals surface area contributed by atoms with Crippen LogP contribution in [0.5, 0.6) is 0 Å². The highest BCUT2D eigenvalue weighted by molar-refractivity contribution is 5.84. The van der Waals surface area contributed by atoms with Crippen LogP contribution >= 0.6 is 0 Å². The highest BCUT2D eigenvalue weighted by Gasteiger charge is 2.44. The standard InChI is InChI=1S/C22H29F3N4O3/c23-17-11-19(25)18(24)9-13(17)10-20(26)14-7-15-1-2-16(8-14)29(15)21(30)12-27-22(31)28-3-5-32-6-4-28/h9,11,14-16,20H,1-8,10,12,26H2,(H,27,31). The molecular formula is C22H29F3N4O3. The molecule has 3 saturated heterocycles. The van der Waals surface area contributed by atoms with Crippen molar-refractivity contribution in [1.29, 1.82) is 0 Å². The molecule has 0 saturated carbocycles. The molecule has 0 spiro atoms. The van der Waals surface area contributed by atoms with Gasteiger partial charge in [-0.3, -0.25) is 4.79 Å². The number of carbonyl (C=O) groups is 2. The second-order valence-electron chi connectivity index (χ2n) is 8.90. The minimum atomic E-state index is -1.22. The van der Waals surface area contributed by atoms with Gasteiger partial charge >= 0.3 is 6.03 Å². The molecule has 3 heterocycles. The fourth-order valence-corrected chi connectivity index (χ4v) is 5.24. The molecule has 3 aliphatic rings. The smallest absolute Gasteiger partial charge is 0.317 e. The van der Waals surface area contributed by atoms with Crippen molar-refractivity contribution in [2.75, 3.05) is 32.8 Å². The summed E-state index contributed by atoms with van der Waals surface area (Å²) in [7, 11) is 0. The van der Waals surface area contributed by atoms with Crippen molar-refractivity contribution in [3.63, 3.8) is 0 Å². The van der Waals surface area contributed by atoms with E-state index in [0.29, 0.717) is 45.2 Å². The lowest BCUT2D eigenvalue weighted by atomic mass is 9.82. The molecule has 3 fully saturated rings. The van der Waals surface area contributed by atoms with Gasteiger partial charge in [-0.15, -0.1) is 0 Å². The zero-order valence-electron chi connectivity index (χ0n) is 17.9. The van der Waals surface area contributed by atoms with Crippen LogP contribution in [-0.4, -0.2) is 72.7 Å². The SMILES string of the molecule is NC(Cc1cc(F)c(F)cc1F)C1CC2CCC(C1)N2C(=O)CNC(=O)N1CCOCC1. The van der Waals surface area contributed by atoms with Crippen LogP contribution in [0.2, 0.25) is 0 Å². The van der Waals surface area contributed by atoms with E-state index in [-0.39, 0.29) is 48.5 Å². The van der Waals surface area contributed by atoms with Crippen molar-refractivity contribution in [2.24, 2.45) is 11.7 Å². The Kier molecular flexibility index (Phi) is 6.90. The van der Waals surface area contributed by atoms with Crippen LogP contribution < -0.4 is 11.1 Å². The summed E-state index contributed by atoms with van der Waals surface area (Å²) in [4.78, 5) is 28.6. The average molecular weight is 454 g/mol. The minimum Gasteiger partial charge on any atom is -0.378 e. The van der Waals surface area contributed by atoms with E-state index in [1.807, 2.05) is 4.90 Å². The topological polar surface area (TPSA) is 87.9 Å². The predicted molar refractivity (Wildman–Crippen MR) is 110 cm³/mol. The fourth-order valence-electron chi connectivity index (χ4n) is 5.24. The Morgan fingerprint density at radius 2 is 1.69 bits per heavy atom. The van der Waals surface area contributed by atoms with E-state index >= 15 is 0 Å². The molecule has 176 valence electrons. The van der Waals surface area contributed by atoms with Crippen molar-refractivity contribution in [3.05, 3.63) is 35.1 Å². The zero-order chi connectivity index (χ0) is 22.8. The Balaban J connectivity index is 1.31. The van der Waals surface area contributed by atoms with Crippen LogP contribution in [0, 0.1) is 23.4 Å². The van der Waals surface area contributed by atoms with Gasteiger partial charge in [0.05, 0.1) is 19.8 Å². The second-order valence-corrected chi connectivity index (χ2v) is 8.90. The van der Waals surface area contributed by atoms with Crippen LogP contribution in [0.25, 0.3) is 0 Å². The lowest BCUT2D eigenvalue weighted by molar-refractivity contribution is -0.135. The van der Waals surface area contributed by atoms with Crippen molar-refractivity contribution in [2.45, 2.75) is 50.2 Å². The lowest BCUT2D eigenvalue weighted by Crippen LogP contribution is -2.54. The first-order chi connectivity index (χ1) is 15.3. The number of rotatable bonds is 5. The number of nitrogens with zero attached hydrogens (tertiary/aromatic N) is 2. The van der Waals surface area contributed by atoms with E-state index in [0.717, 1.165) is 18.9 Å². The van der Waals surface area contributed by atoms with Crippen LogP contribution in [0.15, 0.2) is 12.1 Å². The number of nitrogens with two attached hydrogens (primary N) is 1. The normalized spacial score (nSPS) is 26.2. The fraction of sp³-hybridized carbons (Fsp3) is 0.636. The maximum atomic E-state index is 14.0. The molecule has 4 rings (SSSR count). The van der Waals surface area contributed by atoms with Crippen LogP contribution in [0.3, 0.4) is 0 Å². The third-order valence-corrected chi connectivity index (χ3v) is 6.90. The molecule has 7 nitrogen and oxygen atoms in total. The molecule has 3 N–H and O–H groups in total. The molecule has 10 heteroatoms. The summed E-state index contributed by atoms with van der Waals surface area (Å²) < 4.78 is 45.9. The number of urea groups is 1. The first-order valence-electron chi connectivity index (χ1n) is 11.1. The largest absolute Gasteiger partial charge is 0.378 e. The Hall–Kier alpha value is -2.33. The highest BCUT2D eigenvalue weighted by atomic mass is 19.2. The number of fused-ring (bicyclic) bond motifs is 2. The summed E-state index contributed by atoms with van der Waals surface area (Å²) in [5.41, 5.74) is 6.40. The van der Waals surface area contributed by atoms with Crippen molar-refractivity contribution in [1.82, 2.24) is 15.1 Å². The van der Waals surface area contributed by atoms with Gasteiger partial charge < -0.3 is 25.6 Å². The van der Waals surface area contributed by atoms with Crippen molar-refractivity contribution < 1.29 is 27.5 Å². The second kappa shape index (κ2) is 9.66. The third-order valence-electron chi connectivity index (χ3n) is 6.90. The van der Waals surface area contributed by atoms with Crippen LogP contribution in [0.1, 0.15) is 31.2 Å². The highest BCUT2D eigenvalue weighted by Crippen LogP contribution is 2.40. The van der Waals surface area contributed by atoms with Gasteiger partial charge in [-0.1, -0.05) is 0 Å². The van der Waals surface area contributed by atoms with Gasteiger partial charge in [0.25, 0.3) is 0 Å². The monoisotopic (exact) mass is 454 g/mol. The van der Waals surface area contributed by atoms with E-state index in [9.17, 15) is 22.8 Å². The summed E-state index contributed by atoms with van der Waals surface area (Å²) in [6, 6.07) is 0.776. The van der Waals surface area contributed by atoms with Gasteiger partial charge in [-0.25, -0.2) is 18.0 Å². The first kappa shape index (κ1) is 22.8. The molecule has 3 amide bonds. The van der Waals surface area contributed by atoms with E-state index in [1.54, 1.807) is 4.90 Å². The molecule has 0 radical (unpaired) electrons. The summed E-state index contributed by atoms with van der Waals surface area (Å²) in [6.45, 7) is 1.95. The molecule has 32 heavy (non-hydrogen) atoms. The Bertz CT molecular complexity index is 851. The number of hydrogen-bond donors (Lipinski definition) is 2. The van der Waals surface area contributed by atoms with Crippen LogP contribution in [-0.2, 0) is 16.0 Å². The third kappa shape index (κ3) is 4.85. The molecule has 1 aromatic rings. The summed E-state index contributed by atoms with van der Waals surface area (Å²) >= 11 is 0. The Labute approximate surface area is 185 Å². The van der Waals surface area contributed by atoms with Gasteiger partial charge in [0, 0.05) is 37.3 Å². The summed E-state index contributed by atoms with van der Waals surface area (Å²) in [5, 5.41) is 2.71. The van der Waals surface area contributed by atoms with Gasteiger partial charge in [-0.2, -0.15) is 0 Å². The number of ether oxygens (including phenoxy) is 1. The Morgan fingerprint density at radius 1 is 1.06 bits per heavy atom. The first-order valence-corrected chi connectivity index (χ1v) is 11.1. The van der Waals surface area contributed by atoms with E-state index in [4.69, 9.17) is 10.5 Å². The predicted octanol–water partition coefficient (Wildman–Crippen LogP) is 1.79. The number of benzene rings is 1. The number of morpholine rings is 1. The van der Waals surface area contributed by atoms with Crippen LogP contribution in [0.4, 0.5) is 18.0 Å². The summed E-state index contributed by atoms with van der Waals surface area (Å²) in [6.07, 6.45) is 3.17. The maximum absolute atomic E-state index is 14.0. The molecule has 0 aromatic heterocycles. The number of nitrogens with one attached hydrogen (secondary N) is 1. The molecule has 3 unspecified atom stereocenters. The zero-order valence-corrected chi connectivity index (χ0v) is 17.9. The molecule has 1 aromatic carbocycles. The van der Waals surface area contributed by atoms with Gasteiger partial charge in [-0.05, 0) is 49.7 Å². The van der Waals surface area contributed by atoms with Crippen molar-refractivity contribution in [3.8, 4) is 0 Å². The van der Waals surface area contributed by atoms with Gasteiger partial charge in [0.1, 0.15) is 5.82 Å². The minimum absolute atomic E-state index is 0.0207.